The van der Waals surface area contributed by atoms with Crippen molar-refractivity contribution in [2.45, 2.75) is 13.3 Å². The van der Waals surface area contributed by atoms with Crippen molar-refractivity contribution < 1.29 is 9.90 Å². The molecule has 2 rings (SSSR count). The zero-order valence-electron chi connectivity index (χ0n) is 8.67. The Morgan fingerprint density at radius 3 is 2.94 bits per heavy atom. The van der Waals surface area contributed by atoms with Crippen molar-refractivity contribution in [1.82, 2.24) is 9.97 Å². The molecule has 0 bridgehead atoms. The van der Waals surface area contributed by atoms with Crippen LogP contribution in [0.15, 0.2) is 23.7 Å². The third kappa shape index (κ3) is 2.43. The Labute approximate surface area is 96.6 Å². The molecule has 0 saturated carbocycles. The monoisotopic (exact) mass is 234 g/mol. The first-order valence-electron chi connectivity index (χ1n) is 4.74. The van der Waals surface area contributed by atoms with Gasteiger partial charge in [0.15, 0.2) is 0 Å². The first-order chi connectivity index (χ1) is 7.65. The lowest BCUT2D eigenvalue weighted by Crippen LogP contribution is -1.99. The highest BCUT2D eigenvalue weighted by molar-refractivity contribution is 7.13. The molecule has 0 saturated heterocycles. The first-order valence-corrected chi connectivity index (χ1v) is 5.62. The van der Waals surface area contributed by atoms with E-state index in [9.17, 15) is 4.79 Å². The molecule has 0 aromatic carbocycles. The molecule has 0 atom stereocenters. The maximum atomic E-state index is 10.5. The van der Waals surface area contributed by atoms with E-state index < -0.39 is 5.97 Å². The lowest BCUT2D eigenvalue weighted by molar-refractivity contribution is -0.136. The summed E-state index contributed by atoms with van der Waals surface area (Å²) in [6, 6.07) is 3.85. The van der Waals surface area contributed by atoms with Crippen LogP contribution in [-0.4, -0.2) is 21.0 Å². The van der Waals surface area contributed by atoms with E-state index in [0.29, 0.717) is 5.69 Å². The lowest BCUT2D eigenvalue weighted by Gasteiger charge is -1.95. The molecule has 2 aromatic rings. The van der Waals surface area contributed by atoms with Crippen molar-refractivity contribution in [3.05, 3.63) is 35.0 Å². The van der Waals surface area contributed by atoms with E-state index in [2.05, 4.69) is 9.97 Å². The predicted octanol–water partition coefficient (Wildman–Crippen LogP) is 2.14. The van der Waals surface area contributed by atoms with E-state index >= 15 is 0 Å². The van der Waals surface area contributed by atoms with Crippen LogP contribution in [0.2, 0.25) is 0 Å². The summed E-state index contributed by atoms with van der Waals surface area (Å²) < 4.78 is 0. The number of rotatable bonds is 3. The molecule has 0 aliphatic heterocycles. The summed E-state index contributed by atoms with van der Waals surface area (Å²) >= 11 is 1.41. The summed E-state index contributed by atoms with van der Waals surface area (Å²) in [5, 5.41) is 11.1. The molecule has 0 radical (unpaired) electrons. The molecule has 1 N–H and O–H groups in total. The van der Waals surface area contributed by atoms with Gasteiger partial charge in [-0.05, 0) is 18.6 Å². The predicted molar refractivity (Wildman–Crippen MR) is 61.4 cm³/mol. The topological polar surface area (TPSA) is 63.1 Å². The second-order valence-electron chi connectivity index (χ2n) is 3.44. The number of pyridine rings is 1. The largest absolute Gasteiger partial charge is 0.481 e. The summed E-state index contributed by atoms with van der Waals surface area (Å²) in [6.45, 7) is 1.97. The van der Waals surface area contributed by atoms with Crippen molar-refractivity contribution in [2.75, 3.05) is 0 Å². The summed E-state index contributed by atoms with van der Waals surface area (Å²) in [6.07, 6.45) is 1.73. The number of aliphatic carboxylic acids is 1. The maximum Gasteiger partial charge on any atom is 0.309 e. The summed E-state index contributed by atoms with van der Waals surface area (Å²) in [4.78, 5) is 19.0. The second kappa shape index (κ2) is 4.40. The van der Waals surface area contributed by atoms with Crippen LogP contribution in [0.5, 0.6) is 0 Å². The molecule has 82 valence electrons. The van der Waals surface area contributed by atoms with Gasteiger partial charge in [-0.25, -0.2) is 4.98 Å². The molecule has 0 aliphatic rings. The van der Waals surface area contributed by atoms with E-state index in [-0.39, 0.29) is 6.42 Å². The van der Waals surface area contributed by atoms with Crippen molar-refractivity contribution in [3.63, 3.8) is 0 Å². The Bertz CT molecular complexity index is 505. The minimum Gasteiger partial charge on any atom is -0.481 e. The number of carboxylic acids is 1. The number of nitrogens with zero attached hydrogens (tertiary/aromatic N) is 2. The highest BCUT2D eigenvalue weighted by Crippen LogP contribution is 2.21. The Hall–Kier alpha value is -1.75. The van der Waals surface area contributed by atoms with Gasteiger partial charge < -0.3 is 5.11 Å². The van der Waals surface area contributed by atoms with Gasteiger partial charge in [-0.2, -0.15) is 0 Å². The minimum absolute atomic E-state index is 0.0393. The molecule has 5 heteroatoms. The van der Waals surface area contributed by atoms with Crippen LogP contribution in [0.3, 0.4) is 0 Å². The van der Waals surface area contributed by atoms with Crippen molar-refractivity contribution in [2.24, 2.45) is 0 Å². The van der Waals surface area contributed by atoms with Gasteiger partial charge in [-0.15, -0.1) is 11.3 Å². The molecular weight excluding hydrogens is 224 g/mol. The fourth-order valence-corrected chi connectivity index (χ4v) is 2.05. The smallest absolute Gasteiger partial charge is 0.309 e. The van der Waals surface area contributed by atoms with E-state index in [1.54, 1.807) is 11.6 Å². The third-order valence-corrected chi connectivity index (χ3v) is 2.93. The van der Waals surface area contributed by atoms with Gasteiger partial charge in [0, 0.05) is 11.6 Å². The SMILES string of the molecule is Cc1ccc(-c2nc(CC(=O)O)cs2)nc1. The van der Waals surface area contributed by atoms with Crippen molar-refractivity contribution in [3.8, 4) is 10.7 Å². The van der Waals surface area contributed by atoms with E-state index in [1.165, 1.54) is 11.3 Å². The van der Waals surface area contributed by atoms with Gasteiger partial charge >= 0.3 is 5.97 Å². The van der Waals surface area contributed by atoms with Crippen molar-refractivity contribution >= 4 is 17.3 Å². The van der Waals surface area contributed by atoms with Gasteiger partial charge in [-0.1, -0.05) is 6.07 Å². The van der Waals surface area contributed by atoms with Gasteiger partial charge in [0.2, 0.25) is 0 Å². The van der Waals surface area contributed by atoms with E-state index in [1.807, 2.05) is 19.1 Å². The number of hydrogen-bond acceptors (Lipinski definition) is 4. The number of aryl methyl sites for hydroxylation is 1. The minimum atomic E-state index is -0.867. The summed E-state index contributed by atoms with van der Waals surface area (Å²) in [7, 11) is 0. The zero-order chi connectivity index (χ0) is 11.5. The Morgan fingerprint density at radius 1 is 1.50 bits per heavy atom. The molecule has 2 aromatic heterocycles. The molecule has 2 heterocycles. The molecule has 0 unspecified atom stereocenters. The average molecular weight is 234 g/mol. The Morgan fingerprint density at radius 2 is 2.31 bits per heavy atom. The molecule has 0 spiro atoms. The van der Waals surface area contributed by atoms with Crippen LogP contribution in [0.25, 0.3) is 10.7 Å². The van der Waals surface area contributed by atoms with Crippen LogP contribution >= 0.6 is 11.3 Å². The molecular formula is C11H10N2O2S. The van der Waals surface area contributed by atoms with Gasteiger partial charge in [-0.3, -0.25) is 9.78 Å². The number of carboxylic acid groups (broad SMARTS) is 1. The lowest BCUT2D eigenvalue weighted by atomic mass is 10.3. The van der Waals surface area contributed by atoms with E-state index in [4.69, 9.17) is 5.11 Å². The van der Waals surface area contributed by atoms with Crippen LogP contribution in [0.1, 0.15) is 11.3 Å². The number of thiazole rings is 1. The summed E-state index contributed by atoms with van der Waals surface area (Å²) in [5.74, 6) is -0.867. The molecule has 0 fully saturated rings. The van der Waals surface area contributed by atoms with Gasteiger partial charge in [0.05, 0.1) is 17.8 Å². The molecule has 0 aliphatic carbocycles. The Kier molecular flexibility index (Phi) is 2.96. The molecule has 4 nitrogen and oxygen atoms in total. The second-order valence-corrected chi connectivity index (χ2v) is 4.29. The number of hydrogen-bond donors (Lipinski definition) is 1. The van der Waals surface area contributed by atoms with Crippen molar-refractivity contribution in [1.29, 1.82) is 0 Å². The summed E-state index contributed by atoms with van der Waals surface area (Å²) in [5.41, 5.74) is 2.45. The van der Waals surface area contributed by atoms with Crippen LogP contribution in [0.4, 0.5) is 0 Å². The van der Waals surface area contributed by atoms with Gasteiger partial charge in [0.1, 0.15) is 5.01 Å². The quantitative estimate of drug-likeness (QED) is 0.883. The van der Waals surface area contributed by atoms with Crippen LogP contribution in [-0.2, 0) is 11.2 Å². The fourth-order valence-electron chi connectivity index (χ4n) is 1.26. The first kappa shape index (κ1) is 10.8. The Balaban J connectivity index is 2.24. The number of aromatic nitrogens is 2. The van der Waals surface area contributed by atoms with E-state index in [0.717, 1.165) is 16.3 Å². The third-order valence-electron chi connectivity index (χ3n) is 2.01. The fraction of sp³-hybridized carbons (Fsp3) is 0.182. The maximum absolute atomic E-state index is 10.5. The van der Waals surface area contributed by atoms with Crippen LogP contribution < -0.4 is 0 Å². The van der Waals surface area contributed by atoms with Crippen LogP contribution in [0, 0.1) is 6.92 Å². The molecule has 16 heavy (non-hydrogen) atoms. The normalized spacial score (nSPS) is 10.3. The highest BCUT2D eigenvalue weighted by Gasteiger charge is 2.08. The standard InChI is InChI=1S/C11H10N2O2S/c1-7-2-3-9(12-5-7)11-13-8(6-16-11)4-10(14)15/h2-3,5-6H,4H2,1H3,(H,14,15). The average Bonchev–Trinajstić information content (AvgIpc) is 2.66. The molecule has 0 amide bonds. The highest BCUT2D eigenvalue weighted by atomic mass is 32.1. The zero-order valence-corrected chi connectivity index (χ0v) is 9.49. The van der Waals surface area contributed by atoms with Gasteiger partial charge in [0.25, 0.3) is 0 Å². The number of carbonyl (C=O) groups is 1.